The van der Waals surface area contributed by atoms with Gasteiger partial charge in [-0.3, -0.25) is 0 Å². The van der Waals surface area contributed by atoms with E-state index < -0.39 is 0 Å². The summed E-state index contributed by atoms with van der Waals surface area (Å²) in [7, 11) is 1.71. The highest BCUT2D eigenvalue weighted by molar-refractivity contribution is 9.10. The van der Waals surface area contributed by atoms with E-state index in [-0.39, 0.29) is 5.60 Å². The van der Waals surface area contributed by atoms with Crippen LogP contribution in [0.4, 0.5) is 0 Å². The van der Waals surface area contributed by atoms with Gasteiger partial charge in [0.15, 0.2) is 0 Å². The third kappa shape index (κ3) is 8.40. The van der Waals surface area contributed by atoms with E-state index in [1.54, 1.807) is 7.11 Å². The fraction of sp³-hybridized carbons (Fsp3) is 0.385. The Labute approximate surface area is 101 Å². The lowest BCUT2D eigenvalue weighted by atomic mass is 10.2. The van der Waals surface area contributed by atoms with Crippen LogP contribution in [0, 0.1) is 0 Å². The lowest BCUT2D eigenvalue weighted by Crippen LogP contribution is -2.15. The van der Waals surface area contributed by atoms with E-state index in [4.69, 9.17) is 4.74 Å². The molecule has 1 rings (SSSR count). The Morgan fingerprint density at radius 3 is 1.87 bits per heavy atom. The van der Waals surface area contributed by atoms with Crippen molar-refractivity contribution in [3.63, 3.8) is 0 Å². The Kier molecular flexibility index (Phi) is 6.53. The van der Waals surface area contributed by atoms with E-state index >= 15 is 0 Å². The monoisotopic (exact) mass is 270 g/mol. The summed E-state index contributed by atoms with van der Waals surface area (Å²) in [5, 5.41) is 0. The van der Waals surface area contributed by atoms with Crippen molar-refractivity contribution in [3.05, 3.63) is 40.9 Å². The molecule has 0 unspecified atom stereocenters. The van der Waals surface area contributed by atoms with Crippen LogP contribution in [0.3, 0.4) is 0 Å². The number of methoxy groups -OCH3 is 1. The maximum atomic E-state index is 4.94. The van der Waals surface area contributed by atoms with Crippen LogP contribution in [-0.4, -0.2) is 12.7 Å². The minimum absolute atomic E-state index is 0.0417. The minimum Gasteiger partial charge on any atom is -0.379 e. The molecular weight excluding hydrogens is 252 g/mol. The highest BCUT2D eigenvalue weighted by Crippen LogP contribution is 2.10. The molecule has 0 spiro atoms. The second-order valence-electron chi connectivity index (χ2n) is 4.07. The summed E-state index contributed by atoms with van der Waals surface area (Å²) in [5.41, 5.74) is 1.19. The standard InChI is InChI=1S/C8H7Br.C5H12O/c1-2-7-3-5-8(9)6-4-7;1-5(2,3)6-4/h2-6H,1H2;1-4H3. The van der Waals surface area contributed by atoms with Crippen LogP contribution in [0.25, 0.3) is 6.08 Å². The normalized spacial score (nSPS) is 10.2. The average Bonchev–Trinajstić information content (AvgIpc) is 2.19. The predicted octanol–water partition coefficient (Wildman–Crippen LogP) is 4.52. The Hall–Kier alpha value is -0.600. The van der Waals surface area contributed by atoms with Crippen molar-refractivity contribution in [1.29, 1.82) is 0 Å². The van der Waals surface area contributed by atoms with Crippen LogP contribution < -0.4 is 0 Å². The van der Waals surface area contributed by atoms with Gasteiger partial charge in [-0.2, -0.15) is 0 Å². The van der Waals surface area contributed by atoms with E-state index in [2.05, 4.69) is 22.5 Å². The molecule has 0 fully saturated rings. The van der Waals surface area contributed by atoms with Crippen LogP contribution in [-0.2, 0) is 4.74 Å². The highest BCUT2D eigenvalue weighted by Gasteiger charge is 2.03. The Bertz CT molecular complexity index is 282. The molecule has 84 valence electrons. The molecule has 0 atom stereocenters. The molecule has 0 aliphatic rings. The number of halogens is 1. The summed E-state index contributed by atoms with van der Waals surface area (Å²) in [5.74, 6) is 0. The molecule has 1 aromatic carbocycles. The molecule has 1 aromatic rings. The van der Waals surface area contributed by atoms with Crippen LogP contribution in [0.1, 0.15) is 26.3 Å². The molecule has 15 heavy (non-hydrogen) atoms. The molecule has 0 amide bonds. The molecule has 0 N–H and O–H groups in total. The minimum atomic E-state index is 0.0417. The van der Waals surface area contributed by atoms with Crippen LogP contribution in [0.15, 0.2) is 35.3 Å². The third-order valence-corrected chi connectivity index (χ3v) is 2.25. The number of rotatable bonds is 1. The zero-order chi connectivity index (χ0) is 11.9. The predicted molar refractivity (Wildman–Crippen MR) is 71.0 cm³/mol. The largest absolute Gasteiger partial charge is 0.379 e. The highest BCUT2D eigenvalue weighted by atomic mass is 79.9. The van der Waals surface area contributed by atoms with Gasteiger partial charge in [-0.25, -0.2) is 0 Å². The molecule has 0 aromatic heterocycles. The first-order valence-electron chi connectivity index (χ1n) is 4.82. The van der Waals surface area contributed by atoms with Crippen LogP contribution in [0.5, 0.6) is 0 Å². The summed E-state index contributed by atoms with van der Waals surface area (Å²) in [4.78, 5) is 0. The van der Waals surface area contributed by atoms with Gasteiger partial charge in [-0.1, -0.05) is 40.7 Å². The van der Waals surface area contributed by atoms with Crippen molar-refractivity contribution in [2.45, 2.75) is 26.4 Å². The Morgan fingerprint density at radius 1 is 1.20 bits per heavy atom. The van der Waals surface area contributed by atoms with E-state index in [0.29, 0.717) is 0 Å². The molecule has 0 aliphatic carbocycles. The second-order valence-corrected chi connectivity index (χ2v) is 4.99. The number of hydrogen-bond donors (Lipinski definition) is 0. The van der Waals surface area contributed by atoms with Gasteiger partial charge in [-0.15, -0.1) is 0 Å². The van der Waals surface area contributed by atoms with Crippen molar-refractivity contribution < 1.29 is 4.74 Å². The first-order valence-corrected chi connectivity index (χ1v) is 5.61. The van der Waals surface area contributed by atoms with Gasteiger partial charge in [0.2, 0.25) is 0 Å². The van der Waals surface area contributed by atoms with Gasteiger partial charge in [0, 0.05) is 11.6 Å². The fourth-order valence-electron chi connectivity index (χ4n) is 0.599. The first-order chi connectivity index (χ1) is 6.89. The van der Waals surface area contributed by atoms with Gasteiger partial charge in [-0.05, 0) is 38.5 Å². The molecule has 2 heteroatoms. The number of hydrogen-bond acceptors (Lipinski definition) is 1. The maximum Gasteiger partial charge on any atom is 0.0594 e. The van der Waals surface area contributed by atoms with Gasteiger partial charge in [0.1, 0.15) is 0 Å². The van der Waals surface area contributed by atoms with Gasteiger partial charge in [0.05, 0.1) is 5.60 Å². The van der Waals surface area contributed by atoms with Crippen molar-refractivity contribution in [3.8, 4) is 0 Å². The molecule has 1 nitrogen and oxygen atoms in total. The Balaban J connectivity index is 0.000000288. The number of ether oxygens (including phenoxy) is 1. The molecule has 0 aliphatic heterocycles. The average molecular weight is 271 g/mol. The third-order valence-electron chi connectivity index (χ3n) is 1.72. The molecule has 0 saturated heterocycles. The van der Waals surface area contributed by atoms with Crippen LogP contribution >= 0.6 is 15.9 Å². The second kappa shape index (κ2) is 6.81. The van der Waals surface area contributed by atoms with Crippen molar-refractivity contribution in [2.24, 2.45) is 0 Å². The topological polar surface area (TPSA) is 9.23 Å². The summed E-state index contributed by atoms with van der Waals surface area (Å²) in [6, 6.07) is 8.02. The van der Waals surface area contributed by atoms with E-state index in [0.717, 1.165) is 10.0 Å². The fourth-order valence-corrected chi connectivity index (χ4v) is 0.863. The van der Waals surface area contributed by atoms with Crippen molar-refractivity contribution >= 4 is 22.0 Å². The zero-order valence-electron chi connectivity index (χ0n) is 9.88. The van der Waals surface area contributed by atoms with Crippen molar-refractivity contribution in [2.75, 3.05) is 7.11 Å². The summed E-state index contributed by atoms with van der Waals surface area (Å²) < 4.78 is 6.04. The summed E-state index contributed by atoms with van der Waals surface area (Å²) >= 11 is 3.34. The van der Waals surface area contributed by atoms with E-state index in [1.807, 2.05) is 51.1 Å². The van der Waals surface area contributed by atoms with E-state index in [9.17, 15) is 0 Å². The lowest BCUT2D eigenvalue weighted by molar-refractivity contribution is 0.0397. The molecule has 0 bridgehead atoms. The lowest BCUT2D eigenvalue weighted by Gasteiger charge is -2.14. The van der Waals surface area contributed by atoms with E-state index in [1.165, 1.54) is 0 Å². The summed E-state index contributed by atoms with van der Waals surface area (Å²) in [6.45, 7) is 9.71. The SMILES string of the molecule is C=Cc1ccc(Br)cc1.COC(C)(C)C. The zero-order valence-corrected chi connectivity index (χ0v) is 11.5. The van der Waals surface area contributed by atoms with Gasteiger partial charge < -0.3 is 4.74 Å². The quantitative estimate of drug-likeness (QED) is 0.729. The molecular formula is C13H19BrO. The molecule has 0 saturated carbocycles. The van der Waals surface area contributed by atoms with Crippen LogP contribution in [0.2, 0.25) is 0 Å². The summed E-state index contributed by atoms with van der Waals surface area (Å²) in [6.07, 6.45) is 1.83. The first kappa shape index (κ1) is 14.4. The molecule has 0 heterocycles. The smallest absolute Gasteiger partial charge is 0.0594 e. The van der Waals surface area contributed by atoms with Gasteiger partial charge in [0.25, 0.3) is 0 Å². The van der Waals surface area contributed by atoms with Gasteiger partial charge >= 0.3 is 0 Å². The Morgan fingerprint density at radius 2 is 1.60 bits per heavy atom. The number of benzene rings is 1. The molecule has 0 radical (unpaired) electrons. The maximum absolute atomic E-state index is 4.94. The van der Waals surface area contributed by atoms with Crippen molar-refractivity contribution in [1.82, 2.24) is 0 Å².